The van der Waals surface area contributed by atoms with E-state index in [2.05, 4.69) is 4.52 Å². The molecule has 0 radical (unpaired) electrons. The Hall–Kier alpha value is 0.110. The van der Waals surface area contributed by atoms with Crippen molar-refractivity contribution in [1.29, 1.82) is 0 Å². The number of phosphoric ester groups is 1. The molecule has 0 rings (SSSR count). The van der Waals surface area contributed by atoms with Crippen LogP contribution >= 0.6 is 7.82 Å². The molecule has 2 atom stereocenters. The van der Waals surface area contributed by atoms with E-state index in [0.717, 1.165) is 0 Å². The van der Waals surface area contributed by atoms with Crippen LogP contribution < -0.4 is 0 Å². The van der Waals surface area contributed by atoms with Crippen LogP contribution in [0, 0.1) is 0 Å². The van der Waals surface area contributed by atoms with Gasteiger partial charge >= 0.3 is 7.82 Å². The van der Waals surface area contributed by atoms with Crippen LogP contribution in [0.15, 0.2) is 0 Å². The van der Waals surface area contributed by atoms with Gasteiger partial charge in [0.25, 0.3) is 0 Å². The molecule has 11 heavy (non-hydrogen) atoms. The summed E-state index contributed by atoms with van der Waals surface area (Å²) >= 11 is 0. The van der Waals surface area contributed by atoms with Gasteiger partial charge in [-0.1, -0.05) is 6.92 Å². The van der Waals surface area contributed by atoms with Gasteiger partial charge in [0.05, 0.1) is 12.7 Å². The monoisotopic (exact) mass is 182 g/mol. The van der Waals surface area contributed by atoms with Gasteiger partial charge in [0.2, 0.25) is 0 Å². The normalized spacial score (nSPS) is 19.3. The molecule has 4 nitrogen and oxygen atoms in total. The van der Waals surface area contributed by atoms with Crippen LogP contribution in [0.3, 0.4) is 0 Å². The van der Waals surface area contributed by atoms with E-state index in [1.54, 1.807) is 13.8 Å². The van der Waals surface area contributed by atoms with Crippen LogP contribution in [-0.4, -0.2) is 17.6 Å². The van der Waals surface area contributed by atoms with E-state index >= 15 is 0 Å². The van der Waals surface area contributed by atoms with Crippen molar-refractivity contribution in [2.75, 3.05) is 6.61 Å². The summed E-state index contributed by atoms with van der Waals surface area (Å²) in [6, 6.07) is 0. The second-order valence-corrected chi connectivity index (χ2v) is 3.62. The molecule has 1 N–H and O–H groups in total. The summed E-state index contributed by atoms with van der Waals surface area (Å²) in [4.78, 5) is 8.93. The van der Waals surface area contributed by atoms with E-state index in [1.165, 1.54) is 0 Å². The number of rotatable bonds is 5. The maximum absolute atomic E-state index is 10.9. The maximum Gasteiger partial charge on any atom is 0.472 e. The van der Waals surface area contributed by atoms with Crippen LogP contribution in [0.1, 0.15) is 27.2 Å². The highest BCUT2D eigenvalue weighted by Gasteiger charge is 2.22. The van der Waals surface area contributed by atoms with Gasteiger partial charge in [-0.3, -0.25) is 9.05 Å². The fraction of sp³-hybridized carbons (Fsp3) is 1.00. The van der Waals surface area contributed by atoms with Crippen LogP contribution in [-0.2, 0) is 13.6 Å². The van der Waals surface area contributed by atoms with Gasteiger partial charge < -0.3 is 4.89 Å². The van der Waals surface area contributed by atoms with Crippen LogP contribution in [0.5, 0.6) is 0 Å². The lowest BCUT2D eigenvalue weighted by atomic mass is 10.3. The molecule has 0 aromatic heterocycles. The van der Waals surface area contributed by atoms with Crippen molar-refractivity contribution in [3.8, 4) is 0 Å². The van der Waals surface area contributed by atoms with E-state index in [-0.39, 0.29) is 12.7 Å². The van der Waals surface area contributed by atoms with Crippen molar-refractivity contribution < 1.29 is 18.5 Å². The maximum atomic E-state index is 10.9. The average molecular weight is 182 g/mol. The minimum Gasteiger partial charge on any atom is -0.302 e. The summed E-state index contributed by atoms with van der Waals surface area (Å²) in [7, 11) is -3.77. The first-order valence-corrected chi connectivity index (χ1v) is 5.17. The summed E-state index contributed by atoms with van der Waals surface area (Å²) < 4.78 is 20.1. The Morgan fingerprint density at radius 3 is 2.45 bits per heavy atom. The van der Waals surface area contributed by atoms with Crippen molar-refractivity contribution in [3.05, 3.63) is 0 Å². The molecule has 0 amide bonds. The van der Waals surface area contributed by atoms with E-state index < -0.39 is 7.82 Å². The summed E-state index contributed by atoms with van der Waals surface area (Å²) in [5.41, 5.74) is 0. The Morgan fingerprint density at radius 1 is 1.55 bits per heavy atom. The Bertz CT molecular complexity index is 148. The van der Waals surface area contributed by atoms with Gasteiger partial charge in [-0.15, -0.1) is 0 Å². The Balaban J connectivity index is 3.81. The fourth-order valence-electron chi connectivity index (χ4n) is 0.496. The molecule has 0 aromatic rings. The van der Waals surface area contributed by atoms with Gasteiger partial charge in [-0.2, -0.15) is 0 Å². The highest BCUT2D eigenvalue weighted by atomic mass is 31.2. The van der Waals surface area contributed by atoms with E-state index in [9.17, 15) is 4.57 Å². The third kappa shape index (κ3) is 5.39. The van der Waals surface area contributed by atoms with Gasteiger partial charge in [0, 0.05) is 0 Å². The number of hydrogen-bond acceptors (Lipinski definition) is 3. The third-order valence-corrected chi connectivity index (χ3v) is 2.39. The molecule has 0 fully saturated rings. The summed E-state index contributed by atoms with van der Waals surface area (Å²) in [5.74, 6) is 0. The summed E-state index contributed by atoms with van der Waals surface area (Å²) in [6.45, 7) is 5.42. The van der Waals surface area contributed by atoms with Crippen molar-refractivity contribution >= 4 is 7.82 Å². The molecule has 0 saturated heterocycles. The minimum absolute atomic E-state index is 0.185. The molecule has 5 heteroatoms. The van der Waals surface area contributed by atoms with Gasteiger partial charge in [-0.25, -0.2) is 4.57 Å². The zero-order valence-electron chi connectivity index (χ0n) is 7.11. The standard InChI is InChI=1S/C6H15O4P/c1-4-6(3)10-11(7,8)9-5-2/h6H,4-5H2,1-3H3,(H,7,8). The molecular formula is C6H15O4P. The minimum atomic E-state index is -3.77. The summed E-state index contributed by atoms with van der Waals surface area (Å²) in [6.07, 6.45) is 0.454. The van der Waals surface area contributed by atoms with E-state index in [0.29, 0.717) is 6.42 Å². The Labute approximate surface area is 67.1 Å². The van der Waals surface area contributed by atoms with Crippen LogP contribution in [0.2, 0.25) is 0 Å². The zero-order valence-corrected chi connectivity index (χ0v) is 8.01. The lowest BCUT2D eigenvalue weighted by Gasteiger charge is -2.14. The molecule has 0 saturated carbocycles. The molecular weight excluding hydrogens is 167 g/mol. The first-order chi connectivity index (χ1) is 5.02. The second-order valence-electron chi connectivity index (χ2n) is 2.21. The van der Waals surface area contributed by atoms with Gasteiger partial charge in [0.15, 0.2) is 0 Å². The van der Waals surface area contributed by atoms with Crippen molar-refractivity contribution in [2.24, 2.45) is 0 Å². The molecule has 0 bridgehead atoms. The first kappa shape index (κ1) is 11.1. The number of hydrogen-bond donors (Lipinski definition) is 1. The fourth-order valence-corrected chi connectivity index (χ4v) is 1.49. The highest BCUT2D eigenvalue weighted by Crippen LogP contribution is 2.44. The Morgan fingerprint density at radius 2 is 2.09 bits per heavy atom. The molecule has 0 heterocycles. The molecule has 2 unspecified atom stereocenters. The van der Waals surface area contributed by atoms with Crippen molar-refractivity contribution in [2.45, 2.75) is 33.3 Å². The van der Waals surface area contributed by atoms with Gasteiger partial charge in [0.1, 0.15) is 0 Å². The van der Waals surface area contributed by atoms with E-state index in [4.69, 9.17) is 9.42 Å². The molecule has 68 valence electrons. The quantitative estimate of drug-likeness (QED) is 0.660. The van der Waals surface area contributed by atoms with Gasteiger partial charge in [-0.05, 0) is 20.3 Å². The molecule has 0 aliphatic rings. The summed E-state index contributed by atoms with van der Waals surface area (Å²) in [5, 5.41) is 0. The zero-order chi connectivity index (χ0) is 8.91. The van der Waals surface area contributed by atoms with Crippen LogP contribution in [0.25, 0.3) is 0 Å². The topological polar surface area (TPSA) is 55.8 Å². The lowest BCUT2D eigenvalue weighted by molar-refractivity contribution is 0.114. The van der Waals surface area contributed by atoms with Crippen molar-refractivity contribution in [3.63, 3.8) is 0 Å². The highest BCUT2D eigenvalue weighted by molar-refractivity contribution is 7.47. The molecule has 0 spiro atoms. The second kappa shape index (κ2) is 4.88. The predicted molar refractivity (Wildman–Crippen MR) is 42.3 cm³/mol. The molecule has 0 aromatic carbocycles. The van der Waals surface area contributed by atoms with Crippen LogP contribution in [0.4, 0.5) is 0 Å². The van der Waals surface area contributed by atoms with Crippen molar-refractivity contribution in [1.82, 2.24) is 0 Å². The molecule has 0 aliphatic carbocycles. The average Bonchev–Trinajstić information content (AvgIpc) is 1.86. The first-order valence-electron chi connectivity index (χ1n) is 3.67. The molecule has 0 aliphatic heterocycles. The lowest BCUT2D eigenvalue weighted by Crippen LogP contribution is -2.05. The number of phosphoric acid groups is 1. The largest absolute Gasteiger partial charge is 0.472 e. The third-order valence-electron chi connectivity index (χ3n) is 1.18. The Kier molecular flexibility index (Phi) is 4.93. The smallest absolute Gasteiger partial charge is 0.302 e. The predicted octanol–water partition coefficient (Wildman–Crippen LogP) is 1.94. The van der Waals surface area contributed by atoms with E-state index in [1.807, 2.05) is 6.92 Å². The SMILES string of the molecule is CCOP(=O)(O)OC(C)CC.